The zero-order valence-corrected chi connectivity index (χ0v) is 16.1. The lowest BCUT2D eigenvalue weighted by molar-refractivity contribution is 0.270. The molecule has 0 spiro atoms. The Kier molecular flexibility index (Phi) is 7.32. The molecular weight excluding hydrogens is 394 g/mol. The number of aliphatic hydroxyl groups is 1. The fraction of sp³-hybridized carbons (Fsp3) is 0.353. The van der Waals surface area contributed by atoms with E-state index in [1.165, 1.54) is 12.1 Å². The lowest BCUT2D eigenvalue weighted by atomic mass is 10.2. The van der Waals surface area contributed by atoms with Crippen LogP contribution in [0, 0.1) is 5.82 Å². The molecule has 1 aliphatic heterocycles. The number of nitrogens with zero attached hydrogens (tertiary/aromatic N) is 5. The summed E-state index contributed by atoms with van der Waals surface area (Å²) in [6.45, 7) is 2.90. The largest absolute Gasteiger partial charge is 0.394 e. The van der Waals surface area contributed by atoms with Gasteiger partial charge in [-0.25, -0.2) is 19.0 Å². The van der Waals surface area contributed by atoms with Crippen molar-refractivity contribution in [2.75, 3.05) is 19.7 Å². The Balaban J connectivity index is 0.00000131. The van der Waals surface area contributed by atoms with Crippen molar-refractivity contribution in [3.63, 3.8) is 0 Å². The van der Waals surface area contributed by atoms with E-state index in [4.69, 9.17) is 4.98 Å². The minimum atomic E-state index is -0.334. The predicted octanol–water partition coefficient (Wildman–Crippen LogP) is 1.93. The quantitative estimate of drug-likeness (QED) is 0.681. The molecule has 0 radical (unpaired) electrons. The van der Waals surface area contributed by atoms with Crippen LogP contribution in [0.2, 0.25) is 0 Å². The highest BCUT2D eigenvalue weighted by Gasteiger charge is 2.19. The van der Waals surface area contributed by atoms with Gasteiger partial charge >= 0.3 is 0 Å². The van der Waals surface area contributed by atoms with Crippen LogP contribution in [0.4, 0.5) is 4.39 Å². The molecule has 4 rings (SSSR count). The smallest absolute Gasteiger partial charge is 0.181 e. The van der Waals surface area contributed by atoms with Crippen molar-refractivity contribution < 1.29 is 9.50 Å². The van der Waals surface area contributed by atoms with Gasteiger partial charge in [-0.2, -0.15) is 5.10 Å². The fourth-order valence-electron chi connectivity index (χ4n) is 3.01. The first-order valence-corrected chi connectivity index (χ1v) is 8.33. The SMILES string of the molecule is Cl.Cl.OCCn1nc(-c2cccc(F)c2)nc1-c1cn2c(n1)CCNCC2. The van der Waals surface area contributed by atoms with Crippen LogP contribution in [0.1, 0.15) is 5.82 Å². The van der Waals surface area contributed by atoms with Crippen LogP contribution in [-0.4, -0.2) is 49.1 Å². The lowest BCUT2D eigenvalue weighted by Gasteiger charge is -2.01. The third-order valence-corrected chi connectivity index (χ3v) is 4.21. The van der Waals surface area contributed by atoms with Gasteiger partial charge in [-0.3, -0.25) is 0 Å². The van der Waals surface area contributed by atoms with Gasteiger partial charge < -0.3 is 15.0 Å². The number of aromatic nitrogens is 5. The van der Waals surface area contributed by atoms with Gasteiger partial charge in [0.05, 0.1) is 13.2 Å². The number of aliphatic hydroxyl groups excluding tert-OH is 1. The first-order chi connectivity index (χ1) is 12.2. The Labute approximate surface area is 168 Å². The lowest BCUT2D eigenvalue weighted by Crippen LogP contribution is -2.17. The monoisotopic (exact) mass is 414 g/mol. The number of hydrogen-bond acceptors (Lipinski definition) is 5. The molecule has 0 bridgehead atoms. The summed E-state index contributed by atoms with van der Waals surface area (Å²) in [5, 5.41) is 17.1. The molecule has 0 amide bonds. The molecule has 2 N–H and O–H groups in total. The molecule has 3 heterocycles. The standard InChI is InChI=1S/C17H19FN6O.2ClH/c18-13-3-1-2-12(10-13)16-21-17(24(22-16)8-9-25)14-11-23-7-6-19-5-4-15(23)20-14;;/h1-3,10-11,19,25H,4-9H2;2*1H. The molecule has 1 aromatic carbocycles. The number of hydrogen-bond donors (Lipinski definition) is 2. The topological polar surface area (TPSA) is 80.8 Å². The van der Waals surface area contributed by atoms with Crippen LogP contribution in [0.3, 0.4) is 0 Å². The van der Waals surface area contributed by atoms with Gasteiger partial charge in [0.25, 0.3) is 0 Å². The second-order valence-electron chi connectivity index (χ2n) is 5.95. The highest BCUT2D eigenvalue weighted by molar-refractivity contribution is 5.85. The second-order valence-corrected chi connectivity index (χ2v) is 5.95. The fourth-order valence-corrected chi connectivity index (χ4v) is 3.01. The van der Waals surface area contributed by atoms with Crippen LogP contribution < -0.4 is 5.32 Å². The van der Waals surface area contributed by atoms with Crippen LogP contribution >= 0.6 is 24.8 Å². The summed E-state index contributed by atoms with van der Waals surface area (Å²) in [5.74, 6) is 1.68. The molecule has 7 nitrogen and oxygen atoms in total. The Bertz CT molecular complexity index is 874. The summed E-state index contributed by atoms with van der Waals surface area (Å²) >= 11 is 0. The zero-order valence-electron chi connectivity index (χ0n) is 14.5. The molecule has 0 unspecified atom stereocenters. The number of benzene rings is 1. The summed E-state index contributed by atoms with van der Waals surface area (Å²) in [6, 6.07) is 6.18. The molecule has 146 valence electrons. The Morgan fingerprint density at radius 3 is 2.81 bits per heavy atom. The molecule has 0 fully saturated rings. The third-order valence-electron chi connectivity index (χ3n) is 4.21. The minimum absolute atomic E-state index is 0. The van der Waals surface area contributed by atoms with Gasteiger partial charge in [0.1, 0.15) is 17.3 Å². The van der Waals surface area contributed by atoms with Gasteiger partial charge in [0.2, 0.25) is 0 Å². The van der Waals surface area contributed by atoms with E-state index in [0.29, 0.717) is 23.8 Å². The molecule has 0 atom stereocenters. The number of rotatable bonds is 4. The van der Waals surface area contributed by atoms with Crippen molar-refractivity contribution >= 4 is 24.8 Å². The average molecular weight is 415 g/mol. The van der Waals surface area contributed by atoms with Gasteiger partial charge in [-0.05, 0) is 12.1 Å². The van der Waals surface area contributed by atoms with Gasteiger partial charge in [0.15, 0.2) is 11.6 Å². The Morgan fingerprint density at radius 2 is 2.04 bits per heavy atom. The Morgan fingerprint density at radius 1 is 1.19 bits per heavy atom. The highest BCUT2D eigenvalue weighted by Crippen LogP contribution is 2.23. The number of nitrogens with one attached hydrogen (secondary N) is 1. The molecule has 27 heavy (non-hydrogen) atoms. The molecule has 0 aliphatic carbocycles. The summed E-state index contributed by atoms with van der Waals surface area (Å²) in [5.41, 5.74) is 1.32. The normalized spacial score (nSPS) is 13.3. The average Bonchev–Trinajstić information content (AvgIpc) is 3.14. The molecule has 0 saturated heterocycles. The maximum absolute atomic E-state index is 13.5. The molecular formula is C17H21Cl2FN6O. The van der Waals surface area contributed by atoms with Crippen LogP contribution in [-0.2, 0) is 19.5 Å². The van der Waals surface area contributed by atoms with E-state index in [-0.39, 0.29) is 37.2 Å². The molecule has 3 aromatic rings. The van der Waals surface area contributed by atoms with Crippen LogP contribution in [0.15, 0.2) is 30.5 Å². The number of imidazole rings is 1. The van der Waals surface area contributed by atoms with E-state index in [0.717, 1.165) is 37.6 Å². The van der Waals surface area contributed by atoms with Crippen molar-refractivity contribution in [1.82, 2.24) is 29.6 Å². The van der Waals surface area contributed by atoms with Crippen molar-refractivity contribution in [3.05, 3.63) is 42.1 Å². The summed E-state index contributed by atoms with van der Waals surface area (Å²) in [6.07, 6.45) is 2.82. The maximum Gasteiger partial charge on any atom is 0.181 e. The van der Waals surface area contributed by atoms with Crippen molar-refractivity contribution in [3.8, 4) is 22.9 Å². The van der Waals surface area contributed by atoms with Crippen molar-refractivity contribution in [2.45, 2.75) is 19.5 Å². The molecule has 2 aromatic heterocycles. The number of fused-ring (bicyclic) bond motifs is 1. The van der Waals surface area contributed by atoms with Gasteiger partial charge in [0, 0.05) is 37.8 Å². The minimum Gasteiger partial charge on any atom is -0.394 e. The van der Waals surface area contributed by atoms with Crippen LogP contribution in [0.5, 0.6) is 0 Å². The predicted molar refractivity (Wildman–Crippen MR) is 105 cm³/mol. The van der Waals surface area contributed by atoms with E-state index in [2.05, 4.69) is 20.0 Å². The summed E-state index contributed by atoms with van der Waals surface area (Å²) in [4.78, 5) is 9.25. The number of halogens is 3. The van der Waals surface area contributed by atoms with E-state index in [1.807, 2.05) is 6.20 Å². The van der Waals surface area contributed by atoms with Gasteiger partial charge in [-0.1, -0.05) is 12.1 Å². The van der Waals surface area contributed by atoms with E-state index < -0.39 is 0 Å². The Hall–Kier alpha value is -2.00. The zero-order chi connectivity index (χ0) is 17.2. The second kappa shape index (κ2) is 9.27. The summed E-state index contributed by atoms with van der Waals surface area (Å²) < 4.78 is 17.2. The maximum atomic E-state index is 13.5. The first-order valence-electron chi connectivity index (χ1n) is 8.33. The van der Waals surface area contributed by atoms with E-state index in [9.17, 15) is 9.50 Å². The van der Waals surface area contributed by atoms with Gasteiger partial charge in [-0.15, -0.1) is 24.8 Å². The summed E-state index contributed by atoms with van der Waals surface area (Å²) in [7, 11) is 0. The van der Waals surface area contributed by atoms with Crippen molar-refractivity contribution in [2.24, 2.45) is 0 Å². The van der Waals surface area contributed by atoms with Crippen LogP contribution in [0.25, 0.3) is 22.9 Å². The molecule has 1 aliphatic rings. The van der Waals surface area contributed by atoms with Crippen molar-refractivity contribution in [1.29, 1.82) is 0 Å². The molecule has 10 heteroatoms. The molecule has 0 saturated carbocycles. The highest BCUT2D eigenvalue weighted by atomic mass is 35.5. The van der Waals surface area contributed by atoms with E-state index in [1.54, 1.807) is 16.8 Å². The third kappa shape index (κ3) is 4.47. The van der Waals surface area contributed by atoms with E-state index >= 15 is 0 Å². The first kappa shape index (κ1) is 21.3.